The molecule has 2 N–H and O–H groups in total. The van der Waals surface area contributed by atoms with Crippen LogP contribution in [0.2, 0.25) is 0 Å². The van der Waals surface area contributed by atoms with Gasteiger partial charge in [-0.2, -0.15) is 0 Å². The van der Waals surface area contributed by atoms with Crippen molar-refractivity contribution < 1.29 is 9.53 Å². The van der Waals surface area contributed by atoms with Crippen molar-refractivity contribution in [3.8, 4) is 11.3 Å². The standard InChI is InChI=1S/C15H17N3O2/c19-15(13-7-4-8-20-13)17-10-14-16-9-12(18-14)11-5-2-1-3-6-11/h1-3,5-6,9,13H,4,7-8,10H2,(H,16,18)(H,17,19)/t13-/m1/s1. The molecule has 1 fully saturated rings. The first-order valence-electron chi connectivity index (χ1n) is 6.81. The number of nitrogens with one attached hydrogen (secondary N) is 2. The highest BCUT2D eigenvalue weighted by molar-refractivity contribution is 5.80. The number of hydrogen-bond donors (Lipinski definition) is 2. The first-order chi connectivity index (χ1) is 9.83. The second-order valence-electron chi connectivity index (χ2n) is 4.83. The van der Waals surface area contributed by atoms with Crippen molar-refractivity contribution in [2.75, 3.05) is 6.61 Å². The van der Waals surface area contributed by atoms with Gasteiger partial charge in [-0.15, -0.1) is 0 Å². The smallest absolute Gasteiger partial charge is 0.249 e. The summed E-state index contributed by atoms with van der Waals surface area (Å²) in [5.41, 5.74) is 2.03. The van der Waals surface area contributed by atoms with E-state index in [-0.39, 0.29) is 12.0 Å². The molecule has 2 aromatic rings. The average Bonchev–Trinajstić information content (AvgIpc) is 3.17. The summed E-state index contributed by atoms with van der Waals surface area (Å²) in [7, 11) is 0. The molecule has 20 heavy (non-hydrogen) atoms. The van der Waals surface area contributed by atoms with Gasteiger partial charge in [-0.1, -0.05) is 30.3 Å². The summed E-state index contributed by atoms with van der Waals surface area (Å²) in [5.74, 6) is 0.690. The van der Waals surface area contributed by atoms with Crippen LogP contribution >= 0.6 is 0 Å². The topological polar surface area (TPSA) is 67.0 Å². The molecule has 5 nitrogen and oxygen atoms in total. The van der Waals surface area contributed by atoms with Crippen molar-refractivity contribution in [3.05, 3.63) is 42.4 Å². The molecule has 1 saturated heterocycles. The van der Waals surface area contributed by atoms with E-state index >= 15 is 0 Å². The van der Waals surface area contributed by atoms with Crippen LogP contribution in [0.25, 0.3) is 11.3 Å². The Labute approximate surface area is 117 Å². The van der Waals surface area contributed by atoms with E-state index in [4.69, 9.17) is 4.74 Å². The Bertz CT molecular complexity index is 574. The van der Waals surface area contributed by atoms with Crippen LogP contribution in [-0.2, 0) is 16.1 Å². The fourth-order valence-electron chi connectivity index (χ4n) is 2.29. The van der Waals surface area contributed by atoms with Gasteiger partial charge in [-0.05, 0) is 18.4 Å². The molecule has 1 aliphatic heterocycles. The third-order valence-electron chi connectivity index (χ3n) is 3.37. The molecule has 1 aliphatic rings. The Morgan fingerprint density at radius 3 is 3.00 bits per heavy atom. The van der Waals surface area contributed by atoms with Crippen LogP contribution in [0.15, 0.2) is 36.5 Å². The average molecular weight is 271 g/mol. The number of carbonyl (C=O) groups excluding carboxylic acids is 1. The lowest BCUT2D eigenvalue weighted by molar-refractivity contribution is -0.130. The maximum absolute atomic E-state index is 11.8. The molecular formula is C15H17N3O2. The minimum Gasteiger partial charge on any atom is -0.368 e. The molecule has 3 rings (SSSR count). The number of rotatable bonds is 4. The number of aromatic nitrogens is 2. The SMILES string of the molecule is O=C(NCc1ncc(-c2ccccc2)[nH]1)[C@H]1CCCO1. The summed E-state index contributed by atoms with van der Waals surface area (Å²) >= 11 is 0. The van der Waals surface area contributed by atoms with Gasteiger partial charge < -0.3 is 15.0 Å². The van der Waals surface area contributed by atoms with Crippen molar-refractivity contribution in [3.63, 3.8) is 0 Å². The zero-order valence-corrected chi connectivity index (χ0v) is 11.1. The van der Waals surface area contributed by atoms with Crippen molar-refractivity contribution >= 4 is 5.91 Å². The van der Waals surface area contributed by atoms with E-state index < -0.39 is 0 Å². The van der Waals surface area contributed by atoms with E-state index in [1.54, 1.807) is 6.20 Å². The summed E-state index contributed by atoms with van der Waals surface area (Å²) in [6, 6.07) is 9.97. The number of H-pyrrole nitrogens is 1. The number of imidazole rings is 1. The maximum atomic E-state index is 11.8. The van der Waals surface area contributed by atoms with E-state index in [2.05, 4.69) is 15.3 Å². The highest BCUT2D eigenvalue weighted by Crippen LogP contribution is 2.16. The van der Waals surface area contributed by atoms with Crippen molar-refractivity contribution in [1.29, 1.82) is 0 Å². The molecule has 0 unspecified atom stereocenters. The normalized spacial score (nSPS) is 18.1. The minimum atomic E-state index is -0.293. The lowest BCUT2D eigenvalue weighted by Gasteiger charge is -2.08. The predicted molar refractivity (Wildman–Crippen MR) is 74.8 cm³/mol. The molecule has 1 aromatic carbocycles. The van der Waals surface area contributed by atoms with Crippen molar-refractivity contribution in [2.24, 2.45) is 0 Å². The van der Waals surface area contributed by atoms with E-state index in [9.17, 15) is 4.79 Å². The molecule has 0 saturated carbocycles. The Morgan fingerprint density at radius 2 is 2.25 bits per heavy atom. The van der Waals surface area contributed by atoms with Gasteiger partial charge in [0.05, 0.1) is 18.4 Å². The molecule has 5 heteroatoms. The highest BCUT2D eigenvalue weighted by atomic mass is 16.5. The molecule has 104 valence electrons. The number of hydrogen-bond acceptors (Lipinski definition) is 3. The predicted octanol–water partition coefficient (Wildman–Crippen LogP) is 1.87. The van der Waals surface area contributed by atoms with E-state index in [1.807, 2.05) is 30.3 Å². The first kappa shape index (κ1) is 12.9. The van der Waals surface area contributed by atoms with Gasteiger partial charge in [0, 0.05) is 6.61 Å². The third kappa shape index (κ3) is 2.88. The van der Waals surface area contributed by atoms with Crippen molar-refractivity contribution in [1.82, 2.24) is 15.3 Å². The maximum Gasteiger partial charge on any atom is 0.249 e. The van der Waals surface area contributed by atoms with Gasteiger partial charge in [0.2, 0.25) is 5.91 Å². The lowest BCUT2D eigenvalue weighted by Crippen LogP contribution is -2.33. The molecule has 0 aliphatic carbocycles. The fourth-order valence-corrected chi connectivity index (χ4v) is 2.29. The summed E-state index contributed by atoms with van der Waals surface area (Å²) in [6.07, 6.45) is 3.25. The molecule has 0 radical (unpaired) electrons. The molecule has 1 amide bonds. The number of nitrogens with zero attached hydrogens (tertiary/aromatic N) is 1. The van der Waals surface area contributed by atoms with E-state index in [1.165, 1.54) is 0 Å². The molecule has 0 bridgehead atoms. The second-order valence-corrected chi connectivity index (χ2v) is 4.83. The minimum absolute atomic E-state index is 0.0554. The van der Waals surface area contributed by atoms with E-state index in [0.29, 0.717) is 13.2 Å². The fraction of sp³-hybridized carbons (Fsp3) is 0.333. The number of carbonyl (C=O) groups is 1. The van der Waals surface area contributed by atoms with Gasteiger partial charge in [-0.25, -0.2) is 4.98 Å². The van der Waals surface area contributed by atoms with Gasteiger partial charge >= 0.3 is 0 Å². The molecule has 1 atom stereocenters. The summed E-state index contributed by atoms with van der Waals surface area (Å²) in [4.78, 5) is 19.3. The van der Waals surface area contributed by atoms with Crippen LogP contribution in [0.5, 0.6) is 0 Å². The molecule has 0 spiro atoms. The quantitative estimate of drug-likeness (QED) is 0.892. The van der Waals surface area contributed by atoms with Crippen LogP contribution in [0, 0.1) is 0 Å². The van der Waals surface area contributed by atoms with Gasteiger partial charge in [0.1, 0.15) is 11.9 Å². The molecule has 1 aromatic heterocycles. The lowest BCUT2D eigenvalue weighted by atomic mass is 10.2. The van der Waals surface area contributed by atoms with Gasteiger partial charge in [0.25, 0.3) is 0 Å². The zero-order chi connectivity index (χ0) is 13.8. The van der Waals surface area contributed by atoms with Crippen LogP contribution < -0.4 is 5.32 Å². The Morgan fingerprint density at radius 1 is 1.40 bits per heavy atom. The van der Waals surface area contributed by atoms with Crippen LogP contribution in [0.4, 0.5) is 0 Å². The third-order valence-corrected chi connectivity index (χ3v) is 3.37. The number of ether oxygens (including phenoxy) is 1. The first-order valence-corrected chi connectivity index (χ1v) is 6.81. The summed E-state index contributed by atoms with van der Waals surface area (Å²) < 4.78 is 5.34. The highest BCUT2D eigenvalue weighted by Gasteiger charge is 2.23. The van der Waals surface area contributed by atoms with E-state index in [0.717, 1.165) is 29.9 Å². The number of aromatic amines is 1. The Kier molecular flexibility index (Phi) is 3.78. The zero-order valence-electron chi connectivity index (χ0n) is 11.1. The van der Waals surface area contributed by atoms with Crippen LogP contribution in [0.1, 0.15) is 18.7 Å². The molecule has 2 heterocycles. The summed E-state index contributed by atoms with van der Waals surface area (Å²) in [5, 5.41) is 2.85. The van der Waals surface area contributed by atoms with Crippen molar-refractivity contribution in [2.45, 2.75) is 25.5 Å². The number of amides is 1. The number of benzene rings is 1. The van der Waals surface area contributed by atoms with Crippen LogP contribution in [-0.4, -0.2) is 28.6 Å². The second kappa shape index (κ2) is 5.88. The van der Waals surface area contributed by atoms with Crippen LogP contribution in [0.3, 0.4) is 0 Å². The Balaban J connectivity index is 1.59. The van der Waals surface area contributed by atoms with Gasteiger partial charge in [-0.3, -0.25) is 4.79 Å². The molecular weight excluding hydrogens is 254 g/mol. The monoisotopic (exact) mass is 271 g/mol. The summed E-state index contributed by atoms with van der Waals surface area (Å²) in [6.45, 7) is 1.07. The largest absolute Gasteiger partial charge is 0.368 e. The Hall–Kier alpha value is -2.14. The van der Waals surface area contributed by atoms with Gasteiger partial charge in [0.15, 0.2) is 0 Å².